The van der Waals surface area contributed by atoms with E-state index in [9.17, 15) is 14.4 Å². The van der Waals surface area contributed by atoms with E-state index in [1.54, 1.807) is 17.9 Å². The summed E-state index contributed by atoms with van der Waals surface area (Å²) in [5.74, 6) is -0.260. The van der Waals surface area contributed by atoms with Crippen LogP contribution in [0.2, 0.25) is 0 Å². The Kier molecular flexibility index (Phi) is 5.74. The van der Waals surface area contributed by atoms with Crippen LogP contribution in [-0.2, 0) is 4.79 Å². The number of carbonyl (C=O) groups excluding carboxylic acids is 3. The molecule has 0 saturated heterocycles. The second-order valence-corrected chi connectivity index (χ2v) is 7.70. The molecular weight excluding hydrogens is 330 g/mol. The van der Waals surface area contributed by atoms with Crippen molar-refractivity contribution in [2.24, 2.45) is 5.41 Å². The van der Waals surface area contributed by atoms with E-state index in [-0.39, 0.29) is 24.3 Å². The van der Waals surface area contributed by atoms with Crippen molar-refractivity contribution in [3.63, 3.8) is 0 Å². The quantitative estimate of drug-likeness (QED) is 0.899. The predicted octanol–water partition coefficient (Wildman–Crippen LogP) is 3.37. The van der Waals surface area contributed by atoms with E-state index in [1.165, 1.54) is 4.90 Å². The number of rotatable bonds is 3. The van der Waals surface area contributed by atoms with Gasteiger partial charge in [-0.3, -0.25) is 14.5 Å². The van der Waals surface area contributed by atoms with Crippen LogP contribution in [0.25, 0.3) is 0 Å². The van der Waals surface area contributed by atoms with Crippen LogP contribution < -0.4 is 10.2 Å². The Morgan fingerprint density at radius 1 is 1.23 bits per heavy atom. The second-order valence-electron chi connectivity index (χ2n) is 7.70. The maximum atomic E-state index is 13.1. The molecule has 0 fully saturated rings. The highest BCUT2D eigenvalue weighted by Gasteiger charge is 2.38. The molecule has 1 aliphatic heterocycles. The molecule has 1 N–H and O–H groups in total. The average Bonchev–Trinajstić information content (AvgIpc) is 2.91. The van der Waals surface area contributed by atoms with E-state index < -0.39 is 11.4 Å². The van der Waals surface area contributed by atoms with Crippen LogP contribution in [0.1, 0.15) is 63.4 Å². The molecule has 26 heavy (non-hydrogen) atoms. The summed E-state index contributed by atoms with van der Waals surface area (Å²) in [4.78, 5) is 41.2. The van der Waals surface area contributed by atoms with Crippen LogP contribution in [0.15, 0.2) is 18.2 Å². The second kappa shape index (κ2) is 7.48. The Morgan fingerprint density at radius 2 is 1.88 bits per heavy atom. The van der Waals surface area contributed by atoms with E-state index in [2.05, 4.69) is 5.32 Å². The largest absolute Gasteiger partial charge is 0.338 e. The predicted molar refractivity (Wildman–Crippen MR) is 102 cm³/mol. The van der Waals surface area contributed by atoms with E-state index in [4.69, 9.17) is 0 Å². The van der Waals surface area contributed by atoms with Gasteiger partial charge in [0.2, 0.25) is 5.91 Å². The van der Waals surface area contributed by atoms with Crippen LogP contribution in [0.4, 0.5) is 10.5 Å². The van der Waals surface area contributed by atoms with Crippen molar-refractivity contribution in [3.05, 3.63) is 29.3 Å². The number of amides is 4. The normalized spacial score (nSPS) is 16.2. The van der Waals surface area contributed by atoms with Crippen LogP contribution in [0, 0.1) is 5.41 Å². The van der Waals surface area contributed by atoms with Crippen molar-refractivity contribution in [3.8, 4) is 0 Å². The summed E-state index contributed by atoms with van der Waals surface area (Å²) >= 11 is 0. The SMILES string of the molecule is CCNC(=O)N(CC)C(=O)c1cccc2c1N(C(=O)C(C)(C)C)CC2C. The monoisotopic (exact) mass is 359 g/mol. The number of hydrogen-bond acceptors (Lipinski definition) is 3. The lowest BCUT2D eigenvalue weighted by atomic mass is 9.94. The highest BCUT2D eigenvalue weighted by atomic mass is 16.2. The Balaban J connectivity index is 2.51. The number of fused-ring (bicyclic) bond motifs is 1. The van der Waals surface area contributed by atoms with Gasteiger partial charge in [0.1, 0.15) is 0 Å². The highest BCUT2D eigenvalue weighted by Crippen LogP contribution is 2.41. The van der Waals surface area contributed by atoms with Gasteiger partial charge in [0.05, 0.1) is 11.3 Å². The molecule has 1 atom stereocenters. The Labute approximate surface area is 155 Å². The molecule has 0 aromatic heterocycles. The first kappa shape index (κ1) is 19.9. The molecule has 0 aliphatic carbocycles. The van der Waals surface area contributed by atoms with Gasteiger partial charge in [-0.25, -0.2) is 4.79 Å². The molecule has 6 heteroatoms. The summed E-state index contributed by atoms with van der Waals surface area (Å²) in [6.45, 7) is 12.5. The number of para-hydroxylation sites is 1. The minimum atomic E-state index is -0.554. The Bertz CT molecular complexity index is 722. The van der Waals surface area contributed by atoms with E-state index in [0.29, 0.717) is 24.3 Å². The van der Waals surface area contributed by atoms with Gasteiger partial charge in [0, 0.05) is 31.0 Å². The number of urea groups is 1. The summed E-state index contributed by atoms with van der Waals surface area (Å²) in [5, 5.41) is 2.67. The fourth-order valence-electron chi connectivity index (χ4n) is 3.26. The molecule has 0 saturated carbocycles. The molecule has 4 amide bonds. The van der Waals surface area contributed by atoms with Crippen molar-refractivity contribution < 1.29 is 14.4 Å². The zero-order valence-electron chi connectivity index (χ0n) is 16.5. The van der Waals surface area contributed by atoms with Crippen molar-refractivity contribution in [2.45, 2.75) is 47.5 Å². The fraction of sp³-hybridized carbons (Fsp3) is 0.550. The summed E-state index contributed by atoms with van der Waals surface area (Å²) in [5.41, 5.74) is 1.47. The molecule has 142 valence electrons. The molecule has 2 rings (SSSR count). The zero-order chi connectivity index (χ0) is 19.6. The van der Waals surface area contributed by atoms with Crippen LogP contribution in [-0.4, -0.2) is 42.4 Å². The summed E-state index contributed by atoms with van der Waals surface area (Å²) < 4.78 is 0. The lowest BCUT2D eigenvalue weighted by Gasteiger charge is -2.28. The average molecular weight is 359 g/mol. The van der Waals surface area contributed by atoms with Crippen LogP contribution in [0.5, 0.6) is 0 Å². The Hall–Kier alpha value is -2.37. The van der Waals surface area contributed by atoms with Gasteiger partial charge in [-0.2, -0.15) is 0 Å². The van der Waals surface area contributed by atoms with Crippen LogP contribution in [0.3, 0.4) is 0 Å². The summed E-state index contributed by atoms with van der Waals surface area (Å²) in [6, 6.07) is 5.05. The standard InChI is InChI=1S/C20H29N3O3/c1-7-21-19(26)22(8-2)17(24)15-11-9-10-14-13(3)12-23(16(14)15)18(25)20(4,5)6/h9-11,13H,7-8,12H2,1-6H3,(H,21,26). The molecule has 1 aromatic carbocycles. The minimum absolute atomic E-state index is 0.0237. The molecule has 1 aliphatic rings. The lowest BCUT2D eigenvalue weighted by molar-refractivity contribution is -0.125. The molecule has 0 bridgehead atoms. The van der Waals surface area contributed by atoms with Crippen molar-refractivity contribution >= 4 is 23.5 Å². The number of hydrogen-bond donors (Lipinski definition) is 1. The third kappa shape index (κ3) is 3.59. The van der Waals surface area contributed by atoms with Crippen molar-refractivity contribution in [1.82, 2.24) is 10.2 Å². The third-order valence-corrected chi connectivity index (χ3v) is 4.58. The van der Waals surface area contributed by atoms with E-state index in [1.807, 2.05) is 46.8 Å². The van der Waals surface area contributed by atoms with Gasteiger partial charge < -0.3 is 10.2 Å². The first-order chi connectivity index (χ1) is 12.1. The number of nitrogens with one attached hydrogen (secondary N) is 1. The van der Waals surface area contributed by atoms with Crippen molar-refractivity contribution in [2.75, 3.05) is 24.5 Å². The summed E-state index contributed by atoms with van der Waals surface area (Å²) in [7, 11) is 0. The molecule has 6 nitrogen and oxygen atoms in total. The molecular formula is C20H29N3O3. The Morgan fingerprint density at radius 3 is 2.42 bits per heavy atom. The molecule has 1 aromatic rings. The minimum Gasteiger partial charge on any atom is -0.338 e. The van der Waals surface area contributed by atoms with Gasteiger partial charge in [0.15, 0.2) is 0 Å². The smallest absolute Gasteiger partial charge is 0.324 e. The molecule has 0 spiro atoms. The van der Waals surface area contributed by atoms with Gasteiger partial charge in [-0.1, -0.05) is 39.8 Å². The topological polar surface area (TPSA) is 69.7 Å². The van der Waals surface area contributed by atoms with Gasteiger partial charge in [0.25, 0.3) is 5.91 Å². The van der Waals surface area contributed by atoms with Gasteiger partial charge in [-0.05, 0) is 25.5 Å². The zero-order valence-corrected chi connectivity index (χ0v) is 16.5. The van der Waals surface area contributed by atoms with Crippen molar-refractivity contribution in [1.29, 1.82) is 0 Å². The number of anilines is 1. The first-order valence-electron chi connectivity index (χ1n) is 9.18. The molecule has 0 radical (unpaired) electrons. The van der Waals surface area contributed by atoms with Gasteiger partial charge >= 0.3 is 6.03 Å². The third-order valence-electron chi connectivity index (χ3n) is 4.58. The molecule has 1 unspecified atom stereocenters. The number of nitrogens with zero attached hydrogens (tertiary/aromatic N) is 2. The maximum Gasteiger partial charge on any atom is 0.324 e. The number of carbonyl (C=O) groups is 3. The lowest BCUT2D eigenvalue weighted by Crippen LogP contribution is -2.44. The first-order valence-corrected chi connectivity index (χ1v) is 9.18. The van der Waals surface area contributed by atoms with E-state index >= 15 is 0 Å². The number of imide groups is 1. The number of benzene rings is 1. The maximum absolute atomic E-state index is 13.1. The van der Waals surface area contributed by atoms with Gasteiger partial charge in [-0.15, -0.1) is 0 Å². The fourth-order valence-corrected chi connectivity index (χ4v) is 3.26. The van der Waals surface area contributed by atoms with E-state index in [0.717, 1.165) is 5.56 Å². The van der Waals surface area contributed by atoms with Crippen LogP contribution >= 0.6 is 0 Å². The highest BCUT2D eigenvalue weighted by molar-refractivity contribution is 6.11. The molecule has 1 heterocycles. The summed E-state index contributed by atoms with van der Waals surface area (Å²) in [6.07, 6.45) is 0.